The van der Waals surface area contributed by atoms with Crippen molar-refractivity contribution in [2.45, 2.75) is 19.9 Å². The summed E-state index contributed by atoms with van der Waals surface area (Å²) in [7, 11) is 3.49. The molecule has 0 aliphatic carbocycles. The number of hydrogen-bond acceptors (Lipinski definition) is 4. The number of aryl methyl sites for hydroxylation is 1. The zero-order chi connectivity index (χ0) is 13.5. The molecule has 4 nitrogen and oxygen atoms in total. The molecule has 1 rings (SSSR count). The largest absolute Gasteiger partial charge is 0.496 e. The third-order valence-corrected chi connectivity index (χ3v) is 2.60. The van der Waals surface area contributed by atoms with Crippen molar-refractivity contribution in [2.75, 3.05) is 20.7 Å². The zero-order valence-corrected chi connectivity index (χ0v) is 11.1. The number of carbonyl (C=O) groups excluding carboxylic acids is 1. The van der Waals surface area contributed by atoms with Crippen LogP contribution in [0.5, 0.6) is 5.75 Å². The van der Waals surface area contributed by atoms with E-state index in [1.54, 1.807) is 7.11 Å². The van der Waals surface area contributed by atoms with Crippen molar-refractivity contribution in [3.05, 3.63) is 29.3 Å². The van der Waals surface area contributed by atoms with Gasteiger partial charge >= 0.3 is 0 Å². The molecule has 4 heteroatoms. The van der Waals surface area contributed by atoms with Crippen LogP contribution in [0.4, 0.5) is 0 Å². The summed E-state index contributed by atoms with van der Waals surface area (Å²) in [4.78, 5) is 13.3. The molecule has 0 N–H and O–H groups in total. The van der Waals surface area contributed by atoms with Gasteiger partial charge in [0.2, 0.25) is 0 Å². The highest BCUT2D eigenvalue weighted by molar-refractivity contribution is 5.82. The van der Waals surface area contributed by atoms with E-state index in [0.717, 1.165) is 16.9 Å². The lowest BCUT2D eigenvalue weighted by atomic mass is 10.1. The number of methoxy groups -OCH3 is 1. The molecule has 0 fully saturated rings. The fourth-order valence-corrected chi connectivity index (χ4v) is 1.82. The maximum Gasteiger partial charge on any atom is 0.160 e. The molecular weight excluding hydrogens is 228 g/mol. The van der Waals surface area contributed by atoms with Crippen LogP contribution < -0.4 is 4.74 Å². The summed E-state index contributed by atoms with van der Waals surface area (Å²) in [5.74, 6) is 0.756. The maximum absolute atomic E-state index is 11.4. The zero-order valence-electron chi connectivity index (χ0n) is 11.1. The van der Waals surface area contributed by atoms with Gasteiger partial charge in [0, 0.05) is 12.1 Å². The van der Waals surface area contributed by atoms with Gasteiger partial charge in [0.25, 0.3) is 0 Å². The molecule has 0 aliphatic rings. The van der Waals surface area contributed by atoms with E-state index < -0.39 is 0 Å². The van der Waals surface area contributed by atoms with Crippen LogP contribution >= 0.6 is 0 Å². The Morgan fingerprint density at radius 2 is 2.22 bits per heavy atom. The fraction of sp³-hybridized carbons (Fsp3) is 0.429. The number of nitriles is 1. The first-order valence-corrected chi connectivity index (χ1v) is 5.77. The number of Topliss-reactive ketones (excluding diaryl/α,β-unsaturated/α-hetero) is 1. The monoisotopic (exact) mass is 246 g/mol. The fourth-order valence-electron chi connectivity index (χ4n) is 1.82. The van der Waals surface area contributed by atoms with E-state index in [-0.39, 0.29) is 18.7 Å². The van der Waals surface area contributed by atoms with Gasteiger partial charge in [-0.05, 0) is 20.0 Å². The van der Waals surface area contributed by atoms with Crippen molar-refractivity contribution in [3.63, 3.8) is 0 Å². The topological polar surface area (TPSA) is 53.3 Å². The number of benzene rings is 1. The third kappa shape index (κ3) is 4.19. The number of ether oxygens (including phenoxy) is 1. The average molecular weight is 246 g/mol. The van der Waals surface area contributed by atoms with E-state index in [9.17, 15) is 4.79 Å². The highest BCUT2D eigenvalue weighted by atomic mass is 16.5. The normalized spacial score (nSPS) is 10.2. The van der Waals surface area contributed by atoms with E-state index in [1.165, 1.54) is 0 Å². The van der Waals surface area contributed by atoms with Crippen molar-refractivity contribution < 1.29 is 9.53 Å². The van der Waals surface area contributed by atoms with Crippen LogP contribution in [0.2, 0.25) is 0 Å². The Bertz CT molecular complexity index is 463. The predicted molar refractivity (Wildman–Crippen MR) is 69.3 cm³/mol. The molecule has 0 radical (unpaired) electrons. The third-order valence-electron chi connectivity index (χ3n) is 2.60. The Balaban J connectivity index is 2.69. The minimum atomic E-state index is -0.0633. The molecule has 0 saturated heterocycles. The number of ketones is 1. The van der Waals surface area contributed by atoms with Crippen molar-refractivity contribution in [3.8, 4) is 11.8 Å². The average Bonchev–Trinajstić information content (AvgIpc) is 2.29. The summed E-state index contributed by atoms with van der Waals surface area (Å²) >= 11 is 0. The summed E-state index contributed by atoms with van der Waals surface area (Å²) in [6.45, 7) is 2.93. The van der Waals surface area contributed by atoms with Crippen molar-refractivity contribution in [1.82, 2.24) is 4.90 Å². The second kappa shape index (κ2) is 6.77. The van der Waals surface area contributed by atoms with Crippen LogP contribution in [-0.2, 0) is 11.3 Å². The van der Waals surface area contributed by atoms with E-state index in [2.05, 4.69) is 0 Å². The molecule has 1 aromatic rings. The lowest BCUT2D eigenvalue weighted by Gasteiger charge is -2.17. The van der Waals surface area contributed by atoms with Crippen LogP contribution in [0.3, 0.4) is 0 Å². The maximum atomic E-state index is 11.4. The van der Waals surface area contributed by atoms with E-state index >= 15 is 0 Å². The molecule has 0 spiro atoms. The Hall–Kier alpha value is -1.86. The molecule has 0 atom stereocenters. The van der Waals surface area contributed by atoms with E-state index in [1.807, 2.05) is 43.1 Å². The Morgan fingerprint density at radius 3 is 2.83 bits per heavy atom. The molecule has 0 bridgehead atoms. The van der Waals surface area contributed by atoms with Gasteiger partial charge in [-0.25, -0.2) is 0 Å². The van der Waals surface area contributed by atoms with Crippen molar-refractivity contribution in [1.29, 1.82) is 5.26 Å². The molecule has 18 heavy (non-hydrogen) atoms. The second-order valence-electron chi connectivity index (χ2n) is 4.36. The van der Waals surface area contributed by atoms with Gasteiger partial charge in [0.1, 0.15) is 5.75 Å². The summed E-state index contributed by atoms with van der Waals surface area (Å²) in [6, 6.07) is 7.83. The summed E-state index contributed by atoms with van der Waals surface area (Å²) in [6.07, 6.45) is -0.0324. The first-order valence-electron chi connectivity index (χ1n) is 5.77. The van der Waals surface area contributed by atoms with Crippen molar-refractivity contribution >= 4 is 5.78 Å². The quantitative estimate of drug-likeness (QED) is 0.769. The van der Waals surface area contributed by atoms with Gasteiger partial charge in [-0.1, -0.05) is 17.7 Å². The Labute approximate surface area is 108 Å². The molecule has 0 amide bonds. The van der Waals surface area contributed by atoms with Gasteiger partial charge in [0.15, 0.2) is 5.78 Å². The first kappa shape index (κ1) is 14.2. The van der Waals surface area contributed by atoms with Gasteiger partial charge < -0.3 is 4.74 Å². The van der Waals surface area contributed by atoms with Gasteiger partial charge in [-0.3, -0.25) is 9.69 Å². The molecule has 0 aliphatic heterocycles. The summed E-state index contributed by atoms with van der Waals surface area (Å²) in [5, 5.41) is 8.45. The SMILES string of the molecule is COc1ccc(C)cc1CN(C)CC(=O)CC#N. The van der Waals surface area contributed by atoms with Crippen LogP contribution in [0, 0.1) is 18.3 Å². The minimum Gasteiger partial charge on any atom is -0.496 e. The standard InChI is InChI=1S/C14H18N2O2/c1-11-4-5-14(18-3)12(8-11)9-16(2)10-13(17)6-7-15/h4-5,8H,6,9-10H2,1-3H3. The van der Waals surface area contributed by atoms with Crippen LogP contribution in [0.1, 0.15) is 17.5 Å². The molecule has 0 aromatic heterocycles. The van der Waals surface area contributed by atoms with Crippen LogP contribution in [0.15, 0.2) is 18.2 Å². The van der Waals surface area contributed by atoms with Crippen LogP contribution in [-0.4, -0.2) is 31.4 Å². The lowest BCUT2D eigenvalue weighted by molar-refractivity contribution is -0.119. The highest BCUT2D eigenvalue weighted by Crippen LogP contribution is 2.20. The molecule has 1 aromatic carbocycles. The molecule has 96 valence electrons. The number of nitrogens with zero attached hydrogens (tertiary/aromatic N) is 2. The Morgan fingerprint density at radius 1 is 1.50 bits per heavy atom. The molecule has 0 unspecified atom stereocenters. The van der Waals surface area contributed by atoms with E-state index in [4.69, 9.17) is 10.00 Å². The molecule has 0 saturated carbocycles. The Kier molecular flexibility index (Phi) is 5.34. The number of rotatable bonds is 6. The van der Waals surface area contributed by atoms with Gasteiger partial charge in [0.05, 0.1) is 26.1 Å². The summed E-state index contributed by atoms with van der Waals surface area (Å²) in [5.41, 5.74) is 2.20. The highest BCUT2D eigenvalue weighted by Gasteiger charge is 2.10. The summed E-state index contributed by atoms with van der Waals surface area (Å²) < 4.78 is 5.29. The first-order chi connectivity index (χ1) is 8.56. The second-order valence-corrected chi connectivity index (χ2v) is 4.36. The van der Waals surface area contributed by atoms with Gasteiger partial charge in [-0.15, -0.1) is 0 Å². The predicted octanol–water partition coefficient (Wildman–Crippen LogP) is 1.92. The minimum absolute atomic E-state index is 0.0324. The smallest absolute Gasteiger partial charge is 0.160 e. The van der Waals surface area contributed by atoms with Crippen molar-refractivity contribution in [2.24, 2.45) is 0 Å². The molecular formula is C14H18N2O2. The van der Waals surface area contributed by atoms with Crippen LogP contribution in [0.25, 0.3) is 0 Å². The number of carbonyl (C=O) groups is 1. The molecule has 0 heterocycles. The van der Waals surface area contributed by atoms with E-state index in [0.29, 0.717) is 6.54 Å². The van der Waals surface area contributed by atoms with Gasteiger partial charge in [-0.2, -0.15) is 5.26 Å². The number of hydrogen-bond donors (Lipinski definition) is 0. The number of likely N-dealkylation sites (N-methyl/N-ethyl adjacent to an activating group) is 1. The lowest BCUT2D eigenvalue weighted by Crippen LogP contribution is -2.25.